The summed E-state index contributed by atoms with van der Waals surface area (Å²) >= 11 is 1.61. The molecule has 0 spiro atoms. The summed E-state index contributed by atoms with van der Waals surface area (Å²) in [5.41, 5.74) is 7.78. The summed E-state index contributed by atoms with van der Waals surface area (Å²) in [5.74, 6) is -0.996. The average Bonchev–Trinajstić information content (AvgIpc) is 2.70. The van der Waals surface area contributed by atoms with Crippen LogP contribution in [-0.2, 0) is 0 Å². The Labute approximate surface area is 121 Å². The number of nitrogens with zero attached hydrogens (tertiary/aromatic N) is 1. The number of carbonyl (C=O) groups is 1. The molecule has 1 aromatic heterocycles. The Bertz CT molecular complexity index is 652. The Hall–Kier alpha value is -2.08. The molecule has 1 aromatic carbocycles. The summed E-state index contributed by atoms with van der Waals surface area (Å²) in [7, 11) is 0. The molecular formula is C14H17N3O2S. The monoisotopic (exact) mass is 291 g/mol. The number of thiazole rings is 1. The smallest absolute Gasteiger partial charge is 0.337 e. The second kappa shape index (κ2) is 5.50. The van der Waals surface area contributed by atoms with Crippen molar-refractivity contribution in [2.45, 2.75) is 26.8 Å². The second-order valence-electron chi connectivity index (χ2n) is 4.66. The van der Waals surface area contributed by atoms with Gasteiger partial charge in [-0.3, -0.25) is 0 Å². The van der Waals surface area contributed by atoms with Gasteiger partial charge in [-0.25, -0.2) is 9.78 Å². The van der Waals surface area contributed by atoms with E-state index < -0.39 is 5.97 Å². The third kappa shape index (κ3) is 2.91. The van der Waals surface area contributed by atoms with Gasteiger partial charge in [0.05, 0.1) is 22.3 Å². The molecule has 0 aliphatic heterocycles. The van der Waals surface area contributed by atoms with Crippen molar-refractivity contribution in [1.29, 1.82) is 0 Å². The maximum absolute atomic E-state index is 11.3. The van der Waals surface area contributed by atoms with Crippen molar-refractivity contribution in [1.82, 2.24) is 4.98 Å². The number of rotatable bonds is 4. The maximum Gasteiger partial charge on any atom is 0.337 e. The molecule has 0 saturated carbocycles. The van der Waals surface area contributed by atoms with Crippen LogP contribution in [0.4, 0.5) is 11.4 Å². The van der Waals surface area contributed by atoms with Crippen LogP contribution in [0.15, 0.2) is 18.2 Å². The van der Waals surface area contributed by atoms with Crippen molar-refractivity contribution in [3.63, 3.8) is 0 Å². The molecule has 1 atom stereocenters. The standard InChI is InChI=1S/C14H17N3O2S/c1-7-13(20-9(3)16-7)8(2)17-12-5-4-10(15)6-11(12)14(18)19/h4-6,8,17H,15H2,1-3H3,(H,18,19). The number of benzene rings is 1. The number of aromatic carboxylic acids is 1. The first-order chi connectivity index (χ1) is 9.38. The predicted octanol–water partition coefficient (Wildman–Crippen LogP) is 3.21. The number of nitrogens with one attached hydrogen (secondary N) is 1. The molecule has 0 bridgehead atoms. The van der Waals surface area contributed by atoms with E-state index in [1.807, 2.05) is 20.8 Å². The molecular weight excluding hydrogens is 274 g/mol. The van der Waals surface area contributed by atoms with Gasteiger partial charge in [0, 0.05) is 16.3 Å². The van der Waals surface area contributed by atoms with Crippen molar-refractivity contribution in [3.05, 3.63) is 39.3 Å². The Morgan fingerprint density at radius 1 is 1.45 bits per heavy atom. The minimum absolute atomic E-state index is 0.0112. The lowest BCUT2D eigenvalue weighted by molar-refractivity contribution is 0.0698. The second-order valence-corrected chi connectivity index (χ2v) is 5.89. The Balaban J connectivity index is 2.30. The number of anilines is 2. The van der Waals surface area contributed by atoms with Crippen LogP contribution >= 0.6 is 11.3 Å². The lowest BCUT2D eigenvalue weighted by atomic mass is 10.1. The molecule has 0 saturated heterocycles. The van der Waals surface area contributed by atoms with Crippen molar-refractivity contribution in [3.8, 4) is 0 Å². The SMILES string of the molecule is Cc1nc(C)c(C(C)Nc2ccc(N)cc2C(=O)O)s1. The summed E-state index contributed by atoms with van der Waals surface area (Å²) < 4.78 is 0. The van der Waals surface area contributed by atoms with Crippen LogP contribution in [0.3, 0.4) is 0 Å². The highest BCUT2D eigenvalue weighted by Gasteiger charge is 2.16. The Morgan fingerprint density at radius 3 is 2.70 bits per heavy atom. The molecule has 0 radical (unpaired) electrons. The highest BCUT2D eigenvalue weighted by molar-refractivity contribution is 7.11. The molecule has 106 valence electrons. The topological polar surface area (TPSA) is 88.2 Å². The van der Waals surface area contributed by atoms with Gasteiger partial charge in [-0.1, -0.05) is 0 Å². The number of nitrogens with two attached hydrogens (primary N) is 1. The van der Waals surface area contributed by atoms with Crippen LogP contribution in [-0.4, -0.2) is 16.1 Å². The highest BCUT2D eigenvalue weighted by Crippen LogP contribution is 2.29. The van der Waals surface area contributed by atoms with Gasteiger partial charge in [0.1, 0.15) is 0 Å². The van der Waals surface area contributed by atoms with E-state index >= 15 is 0 Å². The number of hydrogen-bond donors (Lipinski definition) is 3. The van der Waals surface area contributed by atoms with E-state index in [2.05, 4.69) is 10.3 Å². The van der Waals surface area contributed by atoms with E-state index in [0.29, 0.717) is 11.4 Å². The molecule has 5 nitrogen and oxygen atoms in total. The van der Waals surface area contributed by atoms with E-state index in [4.69, 9.17) is 5.73 Å². The van der Waals surface area contributed by atoms with Gasteiger partial charge in [0.15, 0.2) is 0 Å². The molecule has 2 rings (SSSR count). The third-order valence-electron chi connectivity index (χ3n) is 2.98. The molecule has 0 aliphatic rings. The number of aryl methyl sites for hydroxylation is 2. The summed E-state index contributed by atoms with van der Waals surface area (Å²) in [5, 5.41) is 13.5. The van der Waals surface area contributed by atoms with Crippen LogP contribution in [0, 0.1) is 13.8 Å². The minimum atomic E-state index is -0.996. The highest BCUT2D eigenvalue weighted by atomic mass is 32.1. The largest absolute Gasteiger partial charge is 0.478 e. The third-order valence-corrected chi connectivity index (χ3v) is 4.23. The van der Waals surface area contributed by atoms with Gasteiger partial charge in [-0.15, -0.1) is 11.3 Å². The molecule has 0 amide bonds. The average molecular weight is 291 g/mol. The van der Waals surface area contributed by atoms with Crippen LogP contribution < -0.4 is 11.1 Å². The van der Waals surface area contributed by atoms with E-state index in [1.54, 1.807) is 23.5 Å². The number of carboxylic acids is 1. The van der Waals surface area contributed by atoms with Crippen molar-refractivity contribution in [2.75, 3.05) is 11.1 Å². The molecule has 6 heteroatoms. The van der Waals surface area contributed by atoms with E-state index in [-0.39, 0.29) is 11.6 Å². The van der Waals surface area contributed by atoms with Gasteiger partial charge in [-0.2, -0.15) is 0 Å². The fourth-order valence-corrected chi connectivity index (χ4v) is 3.04. The fraction of sp³-hybridized carbons (Fsp3) is 0.286. The van der Waals surface area contributed by atoms with Crippen molar-refractivity contribution in [2.24, 2.45) is 0 Å². The van der Waals surface area contributed by atoms with Crippen LogP contribution in [0.2, 0.25) is 0 Å². The maximum atomic E-state index is 11.3. The normalized spacial score (nSPS) is 12.2. The van der Waals surface area contributed by atoms with E-state index in [0.717, 1.165) is 15.6 Å². The van der Waals surface area contributed by atoms with Gasteiger partial charge in [0.2, 0.25) is 0 Å². The molecule has 1 heterocycles. The predicted molar refractivity (Wildman–Crippen MR) is 81.4 cm³/mol. The quantitative estimate of drug-likeness (QED) is 0.753. The molecule has 0 fully saturated rings. The summed E-state index contributed by atoms with van der Waals surface area (Å²) in [4.78, 5) is 16.8. The van der Waals surface area contributed by atoms with Crippen molar-refractivity contribution >= 4 is 28.7 Å². The summed E-state index contributed by atoms with van der Waals surface area (Å²) in [6, 6.07) is 4.83. The lowest BCUT2D eigenvalue weighted by Gasteiger charge is -2.16. The first-order valence-electron chi connectivity index (χ1n) is 6.21. The number of aromatic nitrogens is 1. The molecule has 20 heavy (non-hydrogen) atoms. The number of nitrogen functional groups attached to an aromatic ring is 1. The Morgan fingerprint density at radius 2 is 2.15 bits per heavy atom. The summed E-state index contributed by atoms with van der Waals surface area (Å²) in [6.45, 7) is 5.90. The van der Waals surface area contributed by atoms with Crippen molar-refractivity contribution < 1.29 is 9.90 Å². The fourth-order valence-electron chi connectivity index (χ4n) is 2.11. The van der Waals surface area contributed by atoms with Crippen LogP contribution in [0.25, 0.3) is 0 Å². The molecule has 2 aromatic rings. The van der Waals surface area contributed by atoms with Gasteiger partial charge >= 0.3 is 5.97 Å². The first kappa shape index (κ1) is 14.3. The molecule has 0 aliphatic carbocycles. The van der Waals surface area contributed by atoms with Gasteiger partial charge < -0.3 is 16.2 Å². The lowest BCUT2D eigenvalue weighted by Crippen LogP contribution is -2.11. The van der Waals surface area contributed by atoms with E-state index in [1.165, 1.54) is 6.07 Å². The molecule has 1 unspecified atom stereocenters. The Kier molecular flexibility index (Phi) is 3.94. The molecule has 4 N–H and O–H groups in total. The summed E-state index contributed by atoms with van der Waals surface area (Å²) in [6.07, 6.45) is 0. The van der Waals surface area contributed by atoms with Gasteiger partial charge in [-0.05, 0) is 39.0 Å². The van der Waals surface area contributed by atoms with E-state index in [9.17, 15) is 9.90 Å². The minimum Gasteiger partial charge on any atom is -0.478 e. The number of carboxylic acid groups (broad SMARTS) is 1. The van der Waals surface area contributed by atoms with Crippen LogP contribution in [0.1, 0.15) is 38.9 Å². The number of hydrogen-bond acceptors (Lipinski definition) is 5. The zero-order valence-electron chi connectivity index (χ0n) is 11.6. The van der Waals surface area contributed by atoms with Gasteiger partial charge in [0.25, 0.3) is 0 Å². The first-order valence-corrected chi connectivity index (χ1v) is 7.03. The zero-order chi connectivity index (χ0) is 14.9. The zero-order valence-corrected chi connectivity index (χ0v) is 12.4. The van der Waals surface area contributed by atoms with Crippen LogP contribution in [0.5, 0.6) is 0 Å².